The Morgan fingerprint density at radius 1 is 0.261 bits per heavy atom. The second-order valence-electron chi connectivity index (χ2n) is 27.1. The molecular weight excluding hydrogens is 1120 g/mol. The standard InChI is InChI=1S/C87H154O5/c1-3-5-7-9-11-13-15-17-19-21-23-25-27-29-31-33-35-37-39-41-42-43-44-46-48-50-52-54-56-58-60-62-64-66-68-70-72-74-76-78-80-82-87(90)92-85(83-88)84-91-86(89)81-79-77-75-73-71-69-67-65-63-61-59-57-55-53-51-49-47-45-40-38-36-34-32-30-28-26-24-22-20-18-16-14-12-10-8-6-4-2/h5,7,11,13,17,19,23,25,29,31,35,37,41-42,44,46,50,52,85,88H,3-4,6,8-10,12,14-16,18,20-22,24,26-28,30,32-34,36,38-40,43,45,47-49,51,53-84H2,1-2H3/b7-5-,13-11-,19-17-,25-23-,31-29-,37-35-,42-41-,46-44-,52-50-. The van der Waals surface area contributed by atoms with Crippen LogP contribution in [-0.4, -0.2) is 36.4 Å². The van der Waals surface area contributed by atoms with Crippen LogP contribution in [-0.2, 0) is 19.1 Å². The van der Waals surface area contributed by atoms with Crippen LogP contribution < -0.4 is 0 Å². The van der Waals surface area contributed by atoms with Crippen LogP contribution in [0.25, 0.3) is 0 Å². The molecule has 0 aromatic heterocycles. The minimum absolute atomic E-state index is 0.0653. The molecule has 0 aromatic carbocycles. The van der Waals surface area contributed by atoms with E-state index >= 15 is 0 Å². The maximum absolute atomic E-state index is 12.4. The van der Waals surface area contributed by atoms with Gasteiger partial charge >= 0.3 is 11.9 Å². The third-order valence-electron chi connectivity index (χ3n) is 18.1. The molecule has 0 saturated carbocycles. The Morgan fingerprint density at radius 3 is 0.707 bits per heavy atom. The lowest BCUT2D eigenvalue weighted by atomic mass is 10.0. The van der Waals surface area contributed by atoms with E-state index in [1.807, 2.05) is 0 Å². The highest BCUT2D eigenvalue weighted by molar-refractivity contribution is 5.70. The van der Waals surface area contributed by atoms with Crippen LogP contribution in [0.2, 0.25) is 0 Å². The second-order valence-corrected chi connectivity index (χ2v) is 27.1. The van der Waals surface area contributed by atoms with Crippen molar-refractivity contribution >= 4 is 11.9 Å². The molecule has 1 atom stereocenters. The summed E-state index contributed by atoms with van der Waals surface area (Å²) in [6.45, 7) is 4.08. The Kier molecular flexibility index (Phi) is 78.7. The van der Waals surface area contributed by atoms with Crippen molar-refractivity contribution in [3.63, 3.8) is 0 Å². The Morgan fingerprint density at radius 2 is 0.467 bits per heavy atom. The van der Waals surface area contributed by atoms with E-state index in [9.17, 15) is 14.7 Å². The minimum atomic E-state index is -0.778. The number of unbranched alkanes of at least 4 members (excludes halogenated alkanes) is 49. The number of esters is 2. The van der Waals surface area contributed by atoms with Gasteiger partial charge in [0.15, 0.2) is 6.10 Å². The maximum atomic E-state index is 12.4. The number of ether oxygens (including phenoxy) is 2. The van der Waals surface area contributed by atoms with Crippen molar-refractivity contribution in [3.05, 3.63) is 109 Å². The number of hydrogen-bond acceptors (Lipinski definition) is 5. The zero-order chi connectivity index (χ0) is 66.1. The summed E-state index contributed by atoms with van der Waals surface area (Å²) in [5, 5.41) is 9.73. The van der Waals surface area contributed by atoms with Crippen LogP contribution in [0.3, 0.4) is 0 Å². The van der Waals surface area contributed by atoms with Gasteiger partial charge in [-0.05, 0) is 83.5 Å². The predicted octanol–water partition coefficient (Wildman–Crippen LogP) is 28.7. The van der Waals surface area contributed by atoms with Gasteiger partial charge in [-0.1, -0.05) is 425 Å². The molecule has 1 N–H and O–H groups in total. The van der Waals surface area contributed by atoms with E-state index in [4.69, 9.17) is 9.47 Å². The van der Waals surface area contributed by atoms with E-state index < -0.39 is 6.10 Å². The zero-order valence-corrected chi connectivity index (χ0v) is 61.3. The molecule has 5 heteroatoms. The first-order chi connectivity index (χ1) is 45.6. The van der Waals surface area contributed by atoms with Crippen molar-refractivity contribution in [2.45, 2.75) is 418 Å². The molecule has 0 radical (unpaired) electrons. The third kappa shape index (κ3) is 79.0. The van der Waals surface area contributed by atoms with Crippen LogP contribution >= 0.6 is 0 Å². The molecule has 0 heterocycles. The summed E-state index contributed by atoms with van der Waals surface area (Å²) >= 11 is 0. The lowest BCUT2D eigenvalue weighted by molar-refractivity contribution is -0.161. The van der Waals surface area contributed by atoms with Gasteiger partial charge in [-0.2, -0.15) is 0 Å². The van der Waals surface area contributed by atoms with Gasteiger partial charge in [0.1, 0.15) is 6.61 Å². The van der Waals surface area contributed by atoms with Crippen LogP contribution in [0.1, 0.15) is 412 Å². The van der Waals surface area contributed by atoms with E-state index in [1.54, 1.807) is 0 Å². The van der Waals surface area contributed by atoms with Crippen molar-refractivity contribution in [3.8, 4) is 0 Å². The predicted molar refractivity (Wildman–Crippen MR) is 408 cm³/mol. The minimum Gasteiger partial charge on any atom is -0.462 e. The Hall–Kier alpha value is -3.44. The van der Waals surface area contributed by atoms with Crippen molar-refractivity contribution in [1.82, 2.24) is 0 Å². The van der Waals surface area contributed by atoms with E-state index in [0.29, 0.717) is 12.8 Å². The quantitative estimate of drug-likeness (QED) is 0.0373. The molecule has 0 amide bonds. The number of rotatable bonds is 75. The number of carbonyl (C=O) groups excluding carboxylic acids is 2. The molecule has 0 aliphatic heterocycles. The Labute approximate surface area is 573 Å². The summed E-state index contributed by atoms with van der Waals surface area (Å²) < 4.78 is 10.8. The first kappa shape index (κ1) is 88.6. The van der Waals surface area contributed by atoms with Gasteiger partial charge in [-0.25, -0.2) is 0 Å². The molecule has 92 heavy (non-hydrogen) atoms. The molecule has 0 bridgehead atoms. The van der Waals surface area contributed by atoms with Crippen LogP contribution in [0.4, 0.5) is 0 Å². The second kappa shape index (κ2) is 81.8. The van der Waals surface area contributed by atoms with Crippen molar-refractivity contribution < 1.29 is 24.2 Å². The molecule has 5 nitrogen and oxygen atoms in total. The lowest BCUT2D eigenvalue weighted by Gasteiger charge is -2.15. The van der Waals surface area contributed by atoms with E-state index in [-0.39, 0.29) is 25.2 Å². The number of aliphatic hydroxyl groups excluding tert-OH is 1. The molecule has 0 rings (SSSR count). The van der Waals surface area contributed by atoms with Crippen LogP contribution in [0.5, 0.6) is 0 Å². The highest BCUT2D eigenvalue weighted by atomic mass is 16.6. The highest BCUT2D eigenvalue weighted by Gasteiger charge is 2.16. The number of carbonyl (C=O) groups is 2. The molecule has 0 saturated heterocycles. The van der Waals surface area contributed by atoms with Gasteiger partial charge < -0.3 is 14.6 Å². The van der Waals surface area contributed by atoms with E-state index in [2.05, 4.69) is 123 Å². The molecule has 0 fully saturated rings. The van der Waals surface area contributed by atoms with Crippen molar-refractivity contribution in [2.75, 3.05) is 13.2 Å². The summed E-state index contributed by atoms with van der Waals surface area (Å²) in [4.78, 5) is 24.7. The smallest absolute Gasteiger partial charge is 0.306 e. The fraction of sp³-hybridized carbons (Fsp3) is 0.770. The number of hydrogen-bond donors (Lipinski definition) is 1. The fourth-order valence-electron chi connectivity index (χ4n) is 12.1. The first-order valence-electron chi connectivity index (χ1n) is 40.4. The number of aliphatic hydroxyl groups is 1. The van der Waals surface area contributed by atoms with Gasteiger partial charge in [0.2, 0.25) is 0 Å². The topological polar surface area (TPSA) is 72.8 Å². The highest BCUT2D eigenvalue weighted by Crippen LogP contribution is 2.20. The van der Waals surface area contributed by atoms with Gasteiger partial charge in [-0.15, -0.1) is 0 Å². The maximum Gasteiger partial charge on any atom is 0.306 e. The Balaban J connectivity index is 3.44. The third-order valence-corrected chi connectivity index (χ3v) is 18.1. The molecular formula is C87H154O5. The van der Waals surface area contributed by atoms with Crippen LogP contribution in [0, 0.1) is 0 Å². The molecule has 1 unspecified atom stereocenters. The van der Waals surface area contributed by atoms with Gasteiger partial charge in [0, 0.05) is 12.8 Å². The van der Waals surface area contributed by atoms with Gasteiger partial charge in [0.05, 0.1) is 6.61 Å². The fourth-order valence-corrected chi connectivity index (χ4v) is 12.1. The van der Waals surface area contributed by atoms with Crippen LogP contribution in [0.15, 0.2) is 109 Å². The normalized spacial score (nSPS) is 12.8. The van der Waals surface area contributed by atoms with Gasteiger partial charge in [-0.3, -0.25) is 9.59 Å². The zero-order valence-electron chi connectivity index (χ0n) is 61.3. The molecule has 532 valence electrons. The van der Waals surface area contributed by atoms with E-state index in [1.165, 1.54) is 289 Å². The first-order valence-corrected chi connectivity index (χ1v) is 40.4. The summed E-state index contributed by atoms with van der Waals surface area (Å²) in [5.74, 6) is -0.576. The average molecular weight is 1280 g/mol. The summed E-state index contributed by atoms with van der Waals surface area (Å²) in [6, 6.07) is 0. The lowest BCUT2D eigenvalue weighted by Crippen LogP contribution is -2.28. The molecule has 0 aromatic rings. The van der Waals surface area contributed by atoms with E-state index in [0.717, 1.165) is 96.3 Å². The largest absolute Gasteiger partial charge is 0.462 e. The number of allylic oxidation sites excluding steroid dienone is 18. The summed E-state index contributed by atoms with van der Waals surface area (Å²) in [5.41, 5.74) is 0. The van der Waals surface area contributed by atoms with Crippen molar-refractivity contribution in [1.29, 1.82) is 0 Å². The average Bonchev–Trinajstić information content (AvgIpc) is 3.64. The molecule has 0 aliphatic rings. The summed E-state index contributed by atoms with van der Waals surface area (Å²) in [7, 11) is 0. The van der Waals surface area contributed by atoms with Gasteiger partial charge in [0.25, 0.3) is 0 Å². The molecule has 0 spiro atoms. The van der Waals surface area contributed by atoms with Crippen molar-refractivity contribution in [2.24, 2.45) is 0 Å². The summed E-state index contributed by atoms with van der Waals surface area (Å²) in [6.07, 6.45) is 119. The monoisotopic (exact) mass is 1280 g/mol. The SMILES string of the molecule is CC/C=C\C/C=C\C/C=C\C/C=C\C/C=C\C/C=C\C/C=C\C/C=C\C/C=C\CCCCCCCCCCCCCCCC(=O)OC(CO)COC(=O)CCCCCCCCCCCCCCCCCCCCCCCCCCCCCCCCCCCCCCC. The Bertz CT molecular complexity index is 1740. The molecule has 0 aliphatic carbocycles.